The van der Waals surface area contributed by atoms with Gasteiger partial charge in [-0.25, -0.2) is 15.0 Å². The first kappa shape index (κ1) is 11.1. The van der Waals surface area contributed by atoms with Crippen LogP contribution in [0.1, 0.15) is 10.5 Å². The Morgan fingerprint density at radius 3 is 3.06 bits per heavy atom. The van der Waals surface area contributed by atoms with Gasteiger partial charge < -0.3 is 10.3 Å². The average Bonchev–Trinajstić information content (AvgIpc) is 2.97. The molecule has 1 amide bonds. The molecule has 2 N–H and O–H groups in total. The van der Waals surface area contributed by atoms with E-state index < -0.39 is 0 Å². The molecule has 3 rings (SSSR count). The first-order valence-electron chi connectivity index (χ1n) is 4.93. The van der Waals surface area contributed by atoms with Crippen LogP contribution in [0.5, 0.6) is 0 Å². The third kappa shape index (κ3) is 1.93. The van der Waals surface area contributed by atoms with Crippen LogP contribution in [0.3, 0.4) is 0 Å². The molecule has 3 heterocycles. The number of imidazole rings is 1. The fourth-order valence-corrected chi connectivity index (χ4v) is 2.32. The van der Waals surface area contributed by atoms with E-state index in [2.05, 4.69) is 25.3 Å². The predicted molar refractivity (Wildman–Crippen MR) is 69.0 cm³/mol. The number of hydrogen-bond donors (Lipinski definition) is 2. The lowest BCUT2D eigenvalue weighted by atomic mass is 10.3. The van der Waals surface area contributed by atoms with Gasteiger partial charge in [-0.05, 0) is 6.07 Å². The Morgan fingerprint density at radius 1 is 1.39 bits per heavy atom. The zero-order chi connectivity index (χ0) is 12.5. The van der Waals surface area contributed by atoms with Crippen molar-refractivity contribution in [3.8, 4) is 0 Å². The Bertz CT molecular complexity index is 722. The molecule has 0 atom stereocenters. The number of rotatable bonds is 2. The third-order valence-corrected chi connectivity index (χ3v) is 3.35. The monoisotopic (exact) mass is 279 g/mol. The molecule has 8 heteroatoms. The fourth-order valence-electron chi connectivity index (χ4n) is 1.50. The highest BCUT2D eigenvalue weighted by Crippen LogP contribution is 2.24. The highest BCUT2D eigenvalue weighted by Gasteiger charge is 2.14. The van der Waals surface area contributed by atoms with Crippen LogP contribution in [0.2, 0.25) is 4.34 Å². The van der Waals surface area contributed by atoms with E-state index in [1.807, 2.05) is 0 Å². The van der Waals surface area contributed by atoms with Gasteiger partial charge in [0.05, 0.1) is 16.4 Å². The lowest BCUT2D eigenvalue weighted by Gasteiger charge is -2.02. The molecule has 90 valence electrons. The molecule has 6 nitrogen and oxygen atoms in total. The van der Waals surface area contributed by atoms with Gasteiger partial charge in [0.2, 0.25) is 0 Å². The van der Waals surface area contributed by atoms with Gasteiger partial charge in [0.15, 0.2) is 11.3 Å². The van der Waals surface area contributed by atoms with Crippen molar-refractivity contribution in [2.75, 3.05) is 5.32 Å². The van der Waals surface area contributed by atoms with Gasteiger partial charge in [0, 0.05) is 5.38 Å². The van der Waals surface area contributed by atoms with Gasteiger partial charge in [-0.15, -0.1) is 11.3 Å². The summed E-state index contributed by atoms with van der Waals surface area (Å²) in [6, 6.07) is 1.68. The van der Waals surface area contributed by atoms with Gasteiger partial charge in [-0.3, -0.25) is 4.79 Å². The number of thiophene rings is 1. The summed E-state index contributed by atoms with van der Waals surface area (Å²) in [5, 5.41) is 4.47. The maximum absolute atomic E-state index is 12.0. The number of carbonyl (C=O) groups is 1. The van der Waals surface area contributed by atoms with Gasteiger partial charge in [0.1, 0.15) is 11.8 Å². The van der Waals surface area contributed by atoms with E-state index in [9.17, 15) is 4.79 Å². The maximum Gasteiger partial charge on any atom is 0.276 e. The Labute approximate surface area is 110 Å². The van der Waals surface area contributed by atoms with Crippen LogP contribution < -0.4 is 5.32 Å². The summed E-state index contributed by atoms with van der Waals surface area (Å²) in [6.07, 6.45) is 2.77. The Morgan fingerprint density at radius 2 is 2.28 bits per heavy atom. The van der Waals surface area contributed by atoms with Crippen molar-refractivity contribution in [2.45, 2.75) is 0 Å². The Hall–Kier alpha value is -1.99. The second-order valence-electron chi connectivity index (χ2n) is 3.42. The first-order valence-corrected chi connectivity index (χ1v) is 6.19. The summed E-state index contributed by atoms with van der Waals surface area (Å²) >= 11 is 7.14. The summed E-state index contributed by atoms with van der Waals surface area (Å²) in [6.45, 7) is 0. The molecule has 0 spiro atoms. The van der Waals surface area contributed by atoms with Crippen molar-refractivity contribution in [1.82, 2.24) is 19.9 Å². The van der Waals surface area contributed by atoms with Gasteiger partial charge in [-0.2, -0.15) is 0 Å². The van der Waals surface area contributed by atoms with Crippen LogP contribution in [0.4, 0.5) is 5.69 Å². The second kappa shape index (κ2) is 4.35. The molecule has 3 aromatic rings. The number of carbonyl (C=O) groups excluding carboxylic acids is 1. The number of aromatic amines is 1. The molecule has 3 aromatic heterocycles. The summed E-state index contributed by atoms with van der Waals surface area (Å²) < 4.78 is 0.611. The minimum Gasteiger partial charge on any atom is -0.341 e. The highest BCUT2D eigenvalue weighted by molar-refractivity contribution is 7.14. The van der Waals surface area contributed by atoms with Crippen molar-refractivity contribution in [2.24, 2.45) is 0 Å². The zero-order valence-corrected chi connectivity index (χ0v) is 10.4. The summed E-state index contributed by atoms with van der Waals surface area (Å²) in [4.78, 5) is 26.8. The number of H-pyrrole nitrogens is 1. The van der Waals surface area contributed by atoms with E-state index in [0.717, 1.165) is 0 Å². The summed E-state index contributed by atoms with van der Waals surface area (Å²) in [5.74, 6) is -0.332. The van der Waals surface area contributed by atoms with Crippen molar-refractivity contribution in [3.05, 3.63) is 34.1 Å². The largest absolute Gasteiger partial charge is 0.341 e. The molecule has 0 fully saturated rings. The quantitative estimate of drug-likeness (QED) is 0.754. The van der Waals surface area contributed by atoms with E-state index in [4.69, 9.17) is 11.6 Å². The molecule has 0 saturated heterocycles. The van der Waals surface area contributed by atoms with Gasteiger partial charge in [0.25, 0.3) is 5.91 Å². The summed E-state index contributed by atoms with van der Waals surface area (Å²) in [7, 11) is 0. The van der Waals surface area contributed by atoms with Crippen molar-refractivity contribution < 1.29 is 4.79 Å². The molecule has 0 aliphatic carbocycles. The van der Waals surface area contributed by atoms with Crippen LogP contribution in [0, 0.1) is 0 Å². The maximum atomic E-state index is 12.0. The molecule has 0 aliphatic heterocycles. The third-order valence-electron chi connectivity index (χ3n) is 2.26. The summed E-state index contributed by atoms with van der Waals surface area (Å²) in [5.41, 5.74) is 1.86. The van der Waals surface area contributed by atoms with Crippen LogP contribution in [0.15, 0.2) is 24.1 Å². The number of anilines is 1. The molecule has 0 aromatic carbocycles. The predicted octanol–water partition coefficient (Wildman–Crippen LogP) is 2.32. The fraction of sp³-hybridized carbons (Fsp3) is 0. The lowest BCUT2D eigenvalue weighted by molar-refractivity contribution is 0.102. The van der Waals surface area contributed by atoms with Gasteiger partial charge >= 0.3 is 0 Å². The molecule has 0 unspecified atom stereocenters. The molecule has 0 radical (unpaired) electrons. The minimum absolute atomic E-state index is 0.250. The zero-order valence-electron chi connectivity index (χ0n) is 8.85. The first-order chi connectivity index (χ1) is 8.74. The van der Waals surface area contributed by atoms with E-state index in [1.54, 1.807) is 11.4 Å². The van der Waals surface area contributed by atoms with Crippen LogP contribution in [-0.4, -0.2) is 25.8 Å². The Balaban J connectivity index is 1.94. The van der Waals surface area contributed by atoms with Crippen LogP contribution in [0.25, 0.3) is 11.2 Å². The molecular formula is C10H6ClN5OS. The van der Waals surface area contributed by atoms with Crippen molar-refractivity contribution in [1.29, 1.82) is 0 Å². The molecule has 0 saturated carbocycles. The molecule has 18 heavy (non-hydrogen) atoms. The van der Waals surface area contributed by atoms with Gasteiger partial charge in [-0.1, -0.05) is 11.6 Å². The average molecular weight is 280 g/mol. The highest BCUT2D eigenvalue weighted by atomic mass is 35.5. The second-order valence-corrected chi connectivity index (χ2v) is 4.96. The Kier molecular flexibility index (Phi) is 2.69. The topological polar surface area (TPSA) is 83.6 Å². The van der Waals surface area contributed by atoms with Crippen molar-refractivity contribution in [3.63, 3.8) is 0 Å². The number of nitrogens with zero attached hydrogens (tertiary/aromatic N) is 3. The van der Waals surface area contributed by atoms with E-state index >= 15 is 0 Å². The normalized spacial score (nSPS) is 10.7. The number of halogens is 1. The standard InChI is InChI=1S/C10H6ClN5OS/c11-6-1-5(2-18-6)16-10(17)8-7-9(14-3-12-7)15-4-13-8/h1-4H,(H,16,17)(H,12,13,14,15). The van der Waals surface area contributed by atoms with Crippen LogP contribution >= 0.6 is 22.9 Å². The van der Waals surface area contributed by atoms with Crippen LogP contribution in [-0.2, 0) is 0 Å². The molecule has 0 bridgehead atoms. The smallest absolute Gasteiger partial charge is 0.276 e. The number of nitrogens with one attached hydrogen (secondary N) is 2. The SMILES string of the molecule is O=C(Nc1csc(Cl)c1)c1ncnc2nc[nH]c12. The number of fused-ring (bicyclic) bond motifs is 1. The van der Waals surface area contributed by atoms with E-state index in [1.165, 1.54) is 24.0 Å². The number of hydrogen-bond acceptors (Lipinski definition) is 5. The number of aromatic nitrogens is 4. The lowest BCUT2D eigenvalue weighted by Crippen LogP contribution is -2.14. The molecular weight excluding hydrogens is 274 g/mol. The molecule has 0 aliphatic rings. The van der Waals surface area contributed by atoms with E-state index in [-0.39, 0.29) is 11.6 Å². The number of amides is 1. The van der Waals surface area contributed by atoms with Crippen molar-refractivity contribution >= 4 is 45.7 Å². The van der Waals surface area contributed by atoms with E-state index in [0.29, 0.717) is 21.2 Å². The minimum atomic E-state index is -0.332.